The number of aromatic nitrogens is 1. The number of pyridine rings is 1. The van der Waals surface area contributed by atoms with Crippen molar-refractivity contribution in [3.05, 3.63) is 40.3 Å². The van der Waals surface area contributed by atoms with E-state index >= 15 is 0 Å². The third-order valence-electron chi connectivity index (χ3n) is 3.32. The lowest BCUT2D eigenvalue weighted by molar-refractivity contribution is 0.0660. The summed E-state index contributed by atoms with van der Waals surface area (Å²) in [6.45, 7) is 6.86. The van der Waals surface area contributed by atoms with Crippen LogP contribution in [-0.2, 0) is 11.8 Å². The van der Waals surface area contributed by atoms with Gasteiger partial charge in [0.25, 0.3) is 5.91 Å². The Morgan fingerprint density at radius 3 is 2.62 bits per heavy atom. The Morgan fingerprint density at radius 1 is 1.46 bits per heavy atom. The maximum atomic E-state index is 12.8. The Labute approximate surface area is 139 Å². The molecule has 0 fully saturated rings. The number of hydrogen-bond donors (Lipinski definition) is 1. The fourth-order valence-electron chi connectivity index (χ4n) is 2.20. The monoisotopic (exact) mass is 338 g/mol. The van der Waals surface area contributed by atoms with Crippen LogP contribution in [0, 0.1) is 0 Å². The summed E-state index contributed by atoms with van der Waals surface area (Å²) in [5, 5.41) is 9.08. The normalized spacial score (nSPS) is 10.3. The van der Waals surface area contributed by atoms with Gasteiger partial charge in [0.05, 0.1) is 13.7 Å². The highest BCUT2D eigenvalue weighted by molar-refractivity contribution is 5.97. The number of carboxylic acid groups (broad SMARTS) is 1. The molecule has 1 amide bonds. The molecule has 1 aromatic rings. The van der Waals surface area contributed by atoms with Crippen LogP contribution in [0.4, 0.5) is 0 Å². The van der Waals surface area contributed by atoms with E-state index in [0.717, 1.165) is 6.20 Å². The van der Waals surface area contributed by atoms with Crippen molar-refractivity contribution in [2.75, 3.05) is 33.4 Å². The van der Waals surface area contributed by atoms with Gasteiger partial charge in [-0.25, -0.2) is 4.79 Å². The maximum absolute atomic E-state index is 12.8. The predicted molar refractivity (Wildman–Crippen MR) is 87.8 cm³/mol. The van der Waals surface area contributed by atoms with Gasteiger partial charge in [-0.1, -0.05) is 6.08 Å². The molecule has 1 rings (SSSR count). The van der Waals surface area contributed by atoms with Gasteiger partial charge in [0, 0.05) is 32.9 Å². The van der Waals surface area contributed by atoms with E-state index in [9.17, 15) is 14.4 Å². The average Bonchev–Trinajstić information content (AvgIpc) is 2.54. The first-order valence-electron chi connectivity index (χ1n) is 7.37. The molecule has 132 valence electrons. The summed E-state index contributed by atoms with van der Waals surface area (Å²) in [5.74, 6) is -2.15. The maximum Gasteiger partial charge on any atom is 0.341 e. The molecule has 8 nitrogen and oxygen atoms in total. The molecule has 0 saturated heterocycles. The quantitative estimate of drug-likeness (QED) is 0.527. The van der Waals surface area contributed by atoms with Crippen molar-refractivity contribution in [3.8, 4) is 5.75 Å². The molecule has 0 atom stereocenters. The summed E-state index contributed by atoms with van der Waals surface area (Å²) in [6, 6.07) is 0. The summed E-state index contributed by atoms with van der Waals surface area (Å²) in [5.41, 5.74) is -1.32. The zero-order chi connectivity index (χ0) is 18.3. The largest absolute Gasteiger partial charge is 0.491 e. The van der Waals surface area contributed by atoms with Crippen molar-refractivity contribution in [2.24, 2.45) is 7.05 Å². The van der Waals surface area contributed by atoms with Gasteiger partial charge in [-0.2, -0.15) is 0 Å². The van der Waals surface area contributed by atoms with E-state index in [4.69, 9.17) is 14.6 Å². The van der Waals surface area contributed by atoms with Crippen LogP contribution in [0.3, 0.4) is 0 Å². The van der Waals surface area contributed by atoms with Gasteiger partial charge in [-0.05, 0) is 6.92 Å². The second-order valence-electron chi connectivity index (χ2n) is 4.91. The highest BCUT2D eigenvalue weighted by Gasteiger charge is 2.26. The van der Waals surface area contributed by atoms with E-state index in [0.29, 0.717) is 19.8 Å². The van der Waals surface area contributed by atoms with E-state index in [1.165, 1.54) is 23.6 Å². The minimum Gasteiger partial charge on any atom is -0.491 e. The number of ether oxygens (including phenoxy) is 2. The third-order valence-corrected chi connectivity index (χ3v) is 3.32. The lowest BCUT2D eigenvalue weighted by Crippen LogP contribution is -2.37. The minimum absolute atomic E-state index is 0.0224. The number of carbonyl (C=O) groups is 2. The number of hydrogen-bond acceptors (Lipinski definition) is 5. The molecular formula is C16H22N2O6. The Hall–Kier alpha value is -2.61. The van der Waals surface area contributed by atoms with Gasteiger partial charge in [0.15, 0.2) is 11.4 Å². The molecule has 0 aliphatic carbocycles. The first-order valence-corrected chi connectivity index (χ1v) is 7.37. The van der Waals surface area contributed by atoms with Crippen molar-refractivity contribution in [3.63, 3.8) is 0 Å². The van der Waals surface area contributed by atoms with Crippen LogP contribution in [-0.4, -0.2) is 59.9 Å². The highest BCUT2D eigenvalue weighted by atomic mass is 16.5. The average molecular weight is 338 g/mol. The van der Waals surface area contributed by atoms with Crippen LogP contribution in [0.5, 0.6) is 5.75 Å². The fourth-order valence-corrected chi connectivity index (χ4v) is 2.20. The Bertz CT molecular complexity index is 680. The lowest BCUT2D eigenvalue weighted by Gasteiger charge is -2.23. The number of methoxy groups -OCH3 is 1. The van der Waals surface area contributed by atoms with Gasteiger partial charge in [0.2, 0.25) is 5.43 Å². The fraction of sp³-hybridized carbons (Fsp3) is 0.438. The van der Waals surface area contributed by atoms with Crippen molar-refractivity contribution >= 4 is 11.9 Å². The SMILES string of the molecule is C=CCN(CCOCC)C(=O)c1c(OC)c(=O)c(C(=O)O)cn1C. The second kappa shape index (κ2) is 8.88. The Balaban J connectivity index is 3.34. The molecule has 8 heteroatoms. The van der Waals surface area contributed by atoms with Crippen molar-refractivity contribution in [1.29, 1.82) is 0 Å². The summed E-state index contributed by atoms with van der Waals surface area (Å²) in [7, 11) is 2.70. The zero-order valence-electron chi connectivity index (χ0n) is 14.1. The van der Waals surface area contributed by atoms with Gasteiger partial charge < -0.3 is 24.0 Å². The zero-order valence-corrected chi connectivity index (χ0v) is 14.1. The van der Waals surface area contributed by atoms with E-state index in [2.05, 4.69) is 6.58 Å². The first kappa shape index (κ1) is 19.4. The highest BCUT2D eigenvalue weighted by Crippen LogP contribution is 2.17. The molecular weight excluding hydrogens is 316 g/mol. The number of carbonyl (C=O) groups excluding carboxylic acids is 1. The van der Waals surface area contributed by atoms with Gasteiger partial charge in [-0.3, -0.25) is 9.59 Å². The van der Waals surface area contributed by atoms with Crippen LogP contribution in [0.1, 0.15) is 27.8 Å². The first-order chi connectivity index (χ1) is 11.4. The standard InChI is InChI=1S/C16H22N2O6/c1-5-7-18(8-9-24-6-2)15(20)12-14(23-4)13(19)11(16(21)22)10-17(12)3/h5,10H,1,6-9H2,2-4H3,(H,21,22). The van der Waals surface area contributed by atoms with Gasteiger partial charge >= 0.3 is 5.97 Å². The van der Waals surface area contributed by atoms with Gasteiger partial charge in [-0.15, -0.1) is 6.58 Å². The van der Waals surface area contributed by atoms with Crippen molar-refractivity contribution < 1.29 is 24.2 Å². The predicted octanol–water partition coefficient (Wildman–Crippen LogP) is 0.757. The Kier molecular flexibility index (Phi) is 7.19. The molecule has 1 heterocycles. The summed E-state index contributed by atoms with van der Waals surface area (Å²) in [6.07, 6.45) is 2.66. The Morgan fingerprint density at radius 2 is 2.12 bits per heavy atom. The second-order valence-corrected chi connectivity index (χ2v) is 4.91. The molecule has 0 aliphatic rings. The van der Waals surface area contributed by atoms with Crippen LogP contribution in [0.15, 0.2) is 23.6 Å². The van der Waals surface area contributed by atoms with Crippen LogP contribution < -0.4 is 10.2 Å². The van der Waals surface area contributed by atoms with E-state index < -0.39 is 22.9 Å². The molecule has 0 aliphatic heterocycles. The van der Waals surface area contributed by atoms with Crippen LogP contribution in [0.25, 0.3) is 0 Å². The molecule has 0 radical (unpaired) electrons. The number of carboxylic acids is 1. The topological polar surface area (TPSA) is 98.1 Å². The minimum atomic E-state index is -1.38. The van der Waals surface area contributed by atoms with Crippen molar-refractivity contribution in [1.82, 2.24) is 9.47 Å². The van der Waals surface area contributed by atoms with E-state index in [1.54, 1.807) is 6.08 Å². The molecule has 0 bridgehead atoms. The summed E-state index contributed by atoms with van der Waals surface area (Å²) < 4.78 is 11.6. The molecule has 0 saturated carbocycles. The molecule has 0 spiro atoms. The summed E-state index contributed by atoms with van der Waals surface area (Å²) >= 11 is 0. The molecule has 1 N–H and O–H groups in total. The van der Waals surface area contributed by atoms with Crippen molar-refractivity contribution in [2.45, 2.75) is 6.92 Å². The molecule has 0 aromatic carbocycles. The van der Waals surface area contributed by atoms with E-state index in [1.807, 2.05) is 6.92 Å². The number of rotatable bonds is 9. The summed E-state index contributed by atoms with van der Waals surface area (Å²) in [4.78, 5) is 37.6. The third kappa shape index (κ3) is 4.23. The lowest BCUT2D eigenvalue weighted by atomic mass is 10.2. The number of nitrogens with zero attached hydrogens (tertiary/aromatic N) is 2. The van der Waals surface area contributed by atoms with Crippen LogP contribution >= 0.6 is 0 Å². The smallest absolute Gasteiger partial charge is 0.341 e. The van der Waals surface area contributed by atoms with Crippen LogP contribution in [0.2, 0.25) is 0 Å². The number of amides is 1. The number of aryl methyl sites for hydroxylation is 1. The molecule has 24 heavy (non-hydrogen) atoms. The number of aromatic carboxylic acids is 1. The van der Waals surface area contributed by atoms with Gasteiger partial charge in [0.1, 0.15) is 5.56 Å². The molecule has 0 unspecified atom stereocenters. The van der Waals surface area contributed by atoms with E-state index in [-0.39, 0.29) is 18.0 Å². The molecule has 1 aromatic heterocycles.